The Labute approximate surface area is 114 Å². The number of nitrogens with one attached hydrogen (secondary N) is 1. The molecular formula is C13H13F2N5. The van der Waals surface area contributed by atoms with Gasteiger partial charge in [0.25, 0.3) is 0 Å². The maximum absolute atomic E-state index is 13.7. The highest BCUT2D eigenvalue weighted by molar-refractivity contribution is 5.34. The first-order valence-corrected chi connectivity index (χ1v) is 5.98. The molecule has 1 heterocycles. The highest BCUT2D eigenvalue weighted by Gasteiger charge is 2.15. The molecule has 0 saturated carbocycles. The van der Waals surface area contributed by atoms with Crippen molar-refractivity contribution in [3.8, 4) is 6.07 Å². The van der Waals surface area contributed by atoms with Gasteiger partial charge in [-0.3, -0.25) is 0 Å². The van der Waals surface area contributed by atoms with E-state index in [4.69, 9.17) is 5.26 Å². The Morgan fingerprint density at radius 1 is 1.40 bits per heavy atom. The van der Waals surface area contributed by atoms with E-state index in [0.717, 1.165) is 12.1 Å². The Hall–Kier alpha value is -2.33. The summed E-state index contributed by atoms with van der Waals surface area (Å²) in [6.07, 6.45) is 1.55. The van der Waals surface area contributed by atoms with Crippen molar-refractivity contribution in [2.45, 2.75) is 19.5 Å². The van der Waals surface area contributed by atoms with Gasteiger partial charge >= 0.3 is 0 Å². The Kier molecular flexibility index (Phi) is 4.05. The summed E-state index contributed by atoms with van der Waals surface area (Å²) in [5.74, 6) is -0.808. The Balaban J connectivity index is 2.12. The van der Waals surface area contributed by atoms with Gasteiger partial charge in [0.05, 0.1) is 17.7 Å². The molecular weight excluding hydrogens is 264 g/mol. The molecule has 1 unspecified atom stereocenters. The molecule has 5 nitrogen and oxygen atoms in total. The summed E-state index contributed by atoms with van der Waals surface area (Å²) in [5, 5.41) is 19.3. The minimum Gasteiger partial charge on any atom is -0.319 e. The molecule has 0 spiro atoms. The quantitative estimate of drug-likeness (QED) is 0.925. The van der Waals surface area contributed by atoms with Gasteiger partial charge in [-0.2, -0.15) is 5.26 Å². The van der Waals surface area contributed by atoms with E-state index in [9.17, 15) is 8.78 Å². The van der Waals surface area contributed by atoms with Crippen LogP contribution in [0.2, 0.25) is 0 Å². The van der Waals surface area contributed by atoms with Crippen molar-refractivity contribution in [2.75, 3.05) is 0 Å². The molecule has 20 heavy (non-hydrogen) atoms. The number of nitriles is 1. The average molecular weight is 277 g/mol. The summed E-state index contributed by atoms with van der Waals surface area (Å²) in [6.45, 7) is 1.82. The van der Waals surface area contributed by atoms with Gasteiger partial charge in [-0.1, -0.05) is 0 Å². The van der Waals surface area contributed by atoms with E-state index in [1.165, 1.54) is 0 Å². The number of rotatable bonds is 4. The molecule has 1 atom stereocenters. The molecule has 2 aromatic rings. The molecule has 0 aliphatic rings. The van der Waals surface area contributed by atoms with Crippen LogP contribution >= 0.6 is 0 Å². The number of aryl methyl sites for hydroxylation is 1. The van der Waals surface area contributed by atoms with Gasteiger partial charge in [0.2, 0.25) is 0 Å². The lowest BCUT2D eigenvalue weighted by Gasteiger charge is -2.13. The van der Waals surface area contributed by atoms with Crippen LogP contribution < -0.4 is 5.32 Å². The Morgan fingerprint density at radius 3 is 2.55 bits per heavy atom. The summed E-state index contributed by atoms with van der Waals surface area (Å²) in [4.78, 5) is 0. The lowest BCUT2D eigenvalue weighted by Crippen LogP contribution is -2.22. The predicted molar refractivity (Wildman–Crippen MR) is 67.3 cm³/mol. The number of halogens is 2. The standard InChI is InChI=1S/C13H13F2N5/c1-8(13-19-18-7-20(13)2)17-6-10-11(14)3-9(5-16)4-12(10)15/h3-4,7-8,17H,6H2,1-2H3. The van der Waals surface area contributed by atoms with E-state index in [2.05, 4.69) is 15.5 Å². The van der Waals surface area contributed by atoms with Gasteiger partial charge in [0, 0.05) is 19.2 Å². The Morgan fingerprint density at radius 2 is 2.05 bits per heavy atom. The second-order valence-electron chi connectivity index (χ2n) is 4.43. The number of benzene rings is 1. The minimum absolute atomic E-state index is 0.00258. The molecule has 104 valence electrons. The monoisotopic (exact) mass is 277 g/mol. The first-order chi connectivity index (χ1) is 9.52. The van der Waals surface area contributed by atoms with Crippen molar-refractivity contribution >= 4 is 0 Å². The first kappa shape index (κ1) is 14.1. The summed E-state index contributed by atoms with van der Waals surface area (Å²) >= 11 is 0. The summed E-state index contributed by atoms with van der Waals surface area (Å²) < 4.78 is 29.1. The van der Waals surface area contributed by atoms with Gasteiger partial charge in [-0.05, 0) is 19.1 Å². The van der Waals surface area contributed by atoms with Gasteiger partial charge in [-0.25, -0.2) is 8.78 Å². The molecule has 0 bridgehead atoms. The van der Waals surface area contributed by atoms with Crippen molar-refractivity contribution in [3.63, 3.8) is 0 Å². The largest absolute Gasteiger partial charge is 0.319 e. The van der Waals surface area contributed by atoms with E-state index in [1.807, 2.05) is 6.92 Å². The maximum Gasteiger partial charge on any atom is 0.149 e. The molecule has 0 fully saturated rings. The van der Waals surface area contributed by atoms with Crippen molar-refractivity contribution in [2.24, 2.45) is 7.05 Å². The van der Waals surface area contributed by atoms with E-state index in [-0.39, 0.29) is 23.7 Å². The Bertz CT molecular complexity index is 636. The average Bonchev–Trinajstić information content (AvgIpc) is 2.83. The molecule has 0 saturated heterocycles. The second kappa shape index (κ2) is 5.75. The number of hydrogen-bond donors (Lipinski definition) is 1. The van der Waals surface area contributed by atoms with Gasteiger partial charge < -0.3 is 9.88 Å². The van der Waals surface area contributed by atoms with Crippen LogP contribution in [0.4, 0.5) is 8.78 Å². The van der Waals surface area contributed by atoms with Crippen LogP contribution in [0, 0.1) is 23.0 Å². The zero-order valence-electron chi connectivity index (χ0n) is 11.1. The lowest BCUT2D eigenvalue weighted by molar-refractivity contribution is 0.490. The second-order valence-corrected chi connectivity index (χ2v) is 4.43. The molecule has 1 N–H and O–H groups in total. The van der Waals surface area contributed by atoms with Crippen molar-refractivity contribution in [1.29, 1.82) is 5.26 Å². The zero-order chi connectivity index (χ0) is 14.7. The van der Waals surface area contributed by atoms with Crippen molar-refractivity contribution < 1.29 is 8.78 Å². The SMILES string of the molecule is CC(NCc1c(F)cc(C#N)cc1F)c1nncn1C. The van der Waals surface area contributed by atoms with E-state index in [0.29, 0.717) is 5.82 Å². The third-order valence-electron chi connectivity index (χ3n) is 2.99. The first-order valence-electron chi connectivity index (χ1n) is 5.98. The van der Waals surface area contributed by atoms with Crippen LogP contribution in [0.15, 0.2) is 18.5 Å². The highest BCUT2D eigenvalue weighted by atomic mass is 19.1. The third-order valence-corrected chi connectivity index (χ3v) is 2.99. The van der Waals surface area contributed by atoms with Crippen molar-refractivity contribution in [3.05, 3.63) is 47.0 Å². The molecule has 1 aromatic heterocycles. The zero-order valence-corrected chi connectivity index (χ0v) is 11.1. The molecule has 0 aliphatic carbocycles. The van der Waals surface area contributed by atoms with E-state index in [1.54, 1.807) is 24.0 Å². The summed E-state index contributed by atoms with van der Waals surface area (Å²) in [6, 6.07) is 3.54. The predicted octanol–water partition coefficient (Wildman–Crippen LogP) is 1.82. The summed E-state index contributed by atoms with van der Waals surface area (Å²) in [5.41, 5.74) is -0.136. The number of nitrogens with zero attached hydrogens (tertiary/aromatic N) is 4. The fraction of sp³-hybridized carbons (Fsp3) is 0.308. The third kappa shape index (κ3) is 2.81. The molecule has 0 aliphatic heterocycles. The van der Waals surface area contributed by atoms with Gasteiger partial charge in [0.1, 0.15) is 23.8 Å². The number of aromatic nitrogens is 3. The molecule has 1 aromatic carbocycles. The highest BCUT2D eigenvalue weighted by Crippen LogP contribution is 2.16. The minimum atomic E-state index is -0.737. The smallest absolute Gasteiger partial charge is 0.149 e. The normalized spacial score (nSPS) is 12.2. The van der Waals surface area contributed by atoms with Crippen LogP contribution in [-0.2, 0) is 13.6 Å². The molecule has 7 heteroatoms. The molecule has 0 radical (unpaired) electrons. The van der Waals surface area contributed by atoms with Crippen LogP contribution in [0.3, 0.4) is 0 Å². The molecule has 2 rings (SSSR count). The fourth-order valence-electron chi connectivity index (χ4n) is 1.87. The number of hydrogen-bond acceptors (Lipinski definition) is 4. The van der Waals surface area contributed by atoms with Crippen molar-refractivity contribution in [1.82, 2.24) is 20.1 Å². The van der Waals surface area contributed by atoms with E-state index >= 15 is 0 Å². The van der Waals surface area contributed by atoms with Crippen LogP contribution in [-0.4, -0.2) is 14.8 Å². The topological polar surface area (TPSA) is 66.5 Å². The van der Waals surface area contributed by atoms with Gasteiger partial charge in [-0.15, -0.1) is 10.2 Å². The maximum atomic E-state index is 13.7. The lowest BCUT2D eigenvalue weighted by atomic mass is 10.1. The fourth-order valence-corrected chi connectivity index (χ4v) is 1.87. The van der Waals surface area contributed by atoms with Crippen LogP contribution in [0.1, 0.15) is 29.9 Å². The van der Waals surface area contributed by atoms with Gasteiger partial charge in [0.15, 0.2) is 0 Å². The van der Waals surface area contributed by atoms with Crippen LogP contribution in [0.5, 0.6) is 0 Å². The molecule has 0 amide bonds. The summed E-state index contributed by atoms with van der Waals surface area (Å²) in [7, 11) is 1.79. The van der Waals surface area contributed by atoms with E-state index < -0.39 is 11.6 Å². The van der Waals surface area contributed by atoms with Crippen LogP contribution in [0.25, 0.3) is 0 Å².